The first-order chi connectivity index (χ1) is 11.1. The zero-order valence-corrected chi connectivity index (χ0v) is 14.5. The number of carbonyl (C=O) groups excluding carboxylic acids is 1. The molecular weight excluding hydrogens is 286 g/mol. The molecule has 0 spiro atoms. The molecule has 4 heteroatoms. The minimum atomic E-state index is 0.229. The van der Waals surface area contributed by atoms with Crippen LogP contribution in [0.25, 0.3) is 0 Å². The monoisotopic (exact) mass is 319 g/mol. The summed E-state index contributed by atoms with van der Waals surface area (Å²) in [5, 5.41) is 3.31. The van der Waals surface area contributed by atoms with Gasteiger partial charge >= 0.3 is 0 Å². The van der Waals surface area contributed by atoms with E-state index in [1.807, 2.05) is 0 Å². The Morgan fingerprint density at radius 2 is 2.04 bits per heavy atom. The lowest BCUT2D eigenvalue weighted by molar-refractivity contribution is -0.123. The number of nitrogens with one attached hydrogen (secondary N) is 1. The summed E-state index contributed by atoms with van der Waals surface area (Å²) in [6.07, 6.45) is 9.32. The van der Waals surface area contributed by atoms with E-state index < -0.39 is 0 Å². The van der Waals surface area contributed by atoms with Gasteiger partial charge in [-0.2, -0.15) is 0 Å². The summed E-state index contributed by atoms with van der Waals surface area (Å²) in [5.74, 6) is 4.14. The Hall–Kier alpha value is -0.610. The number of fused-ring (bicyclic) bond motifs is 3. The highest BCUT2D eigenvalue weighted by molar-refractivity contribution is 5.78. The predicted molar refractivity (Wildman–Crippen MR) is 91.8 cm³/mol. The molecule has 2 bridgehead atoms. The highest BCUT2D eigenvalue weighted by Gasteiger charge is 2.42. The van der Waals surface area contributed by atoms with E-state index in [1.165, 1.54) is 44.9 Å². The fraction of sp³-hybridized carbons (Fsp3) is 0.947. The first-order valence-electron chi connectivity index (χ1n) is 9.87. The van der Waals surface area contributed by atoms with Crippen molar-refractivity contribution in [2.75, 3.05) is 19.6 Å². The van der Waals surface area contributed by atoms with E-state index in [9.17, 15) is 4.79 Å². The first kappa shape index (κ1) is 15.9. The Morgan fingerprint density at radius 3 is 2.74 bits per heavy atom. The van der Waals surface area contributed by atoms with Crippen molar-refractivity contribution in [2.24, 2.45) is 35.3 Å². The minimum Gasteiger partial charge on any atom is -0.352 e. The fourth-order valence-corrected chi connectivity index (χ4v) is 6.25. The lowest BCUT2D eigenvalue weighted by atomic mass is 9.78. The molecule has 0 radical (unpaired) electrons. The Bertz CT molecular complexity index is 454. The van der Waals surface area contributed by atoms with Crippen molar-refractivity contribution >= 4 is 5.91 Å². The second kappa shape index (κ2) is 6.36. The molecular formula is C19H33N3O. The first-order valence-corrected chi connectivity index (χ1v) is 9.87. The summed E-state index contributed by atoms with van der Waals surface area (Å²) in [6.45, 7) is 4.91. The molecule has 3 N–H and O–H groups in total. The molecule has 1 saturated heterocycles. The summed E-state index contributed by atoms with van der Waals surface area (Å²) in [7, 11) is 0. The second-order valence-electron chi connectivity index (χ2n) is 8.91. The molecule has 3 aliphatic carbocycles. The van der Waals surface area contributed by atoms with Gasteiger partial charge < -0.3 is 11.1 Å². The van der Waals surface area contributed by atoms with Gasteiger partial charge in [0.2, 0.25) is 5.91 Å². The highest BCUT2D eigenvalue weighted by atomic mass is 16.2. The van der Waals surface area contributed by atoms with Gasteiger partial charge in [-0.3, -0.25) is 9.69 Å². The second-order valence-corrected chi connectivity index (χ2v) is 8.91. The molecule has 3 saturated carbocycles. The number of rotatable bonds is 4. The van der Waals surface area contributed by atoms with E-state index in [4.69, 9.17) is 5.73 Å². The van der Waals surface area contributed by atoms with Gasteiger partial charge in [0.1, 0.15) is 0 Å². The van der Waals surface area contributed by atoms with Crippen LogP contribution in [0.4, 0.5) is 0 Å². The van der Waals surface area contributed by atoms with Crippen molar-refractivity contribution in [3.63, 3.8) is 0 Å². The quantitative estimate of drug-likeness (QED) is 0.833. The lowest BCUT2D eigenvalue weighted by Gasteiger charge is -2.30. The van der Waals surface area contributed by atoms with Crippen LogP contribution in [0.15, 0.2) is 0 Å². The van der Waals surface area contributed by atoms with E-state index >= 15 is 0 Å². The molecule has 7 unspecified atom stereocenters. The zero-order chi connectivity index (χ0) is 16.0. The number of nitrogens with zero attached hydrogens (tertiary/aromatic N) is 1. The molecule has 4 rings (SSSR count). The molecule has 1 heterocycles. The minimum absolute atomic E-state index is 0.229. The van der Waals surface area contributed by atoms with Crippen LogP contribution in [0.2, 0.25) is 0 Å². The van der Waals surface area contributed by atoms with E-state index in [-0.39, 0.29) is 5.91 Å². The third kappa shape index (κ3) is 3.17. The molecule has 1 aliphatic heterocycles. The van der Waals surface area contributed by atoms with Crippen molar-refractivity contribution < 1.29 is 4.79 Å². The Labute approximate surface area is 140 Å². The van der Waals surface area contributed by atoms with Gasteiger partial charge in [0, 0.05) is 25.2 Å². The van der Waals surface area contributed by atoms with Gasteiger partial charge in [-0.25, -0.2) is 0 Å². The van der Waals surface area contributed by atoms with E-state index in [0.717, 1.165) is 36.8 Å². The maximum atomic E-state index is 12.5. The van der Waals surface area contributed by atoms with E-state index in [2.05, 4.69) is 17.1 Å². The third-order valence-corrected chi connectivity index (χ3v) is 7.42. The lowest BCUT2D eigenvalue weighted by Crippen LogP contribution is -2.44. The SMILES string of the molecule is CC(NC(=O)CN1CC2CCCC(N)C2C1)C1CC2CCC1C2. The topological polar surface area (TPSA) is 58.4 Å². The number of likely N-dealkylation sites (tertiary alicyclic amines) is 1. The van der Waals surface area contributed by atoms with Crippen molar-refractivity contribution in [1.82, 2.24) is 10.2 Å². The van der Waals surface area contributed by atoms with Crippen LogP contribution >= 0.6 is 0 Å². The summed E-state index contributed by atoms with van der Waals surface area (Å²) in [6, 6.07) is 0.708. The summed E-state index contributed by atoms with van der Waals surface area (Å²) < 4.78 is 0. The van der Waals surface area contributed by atoms with Crippen molar-refractivity contribution in [2.45, 2.75) is 64.0 Å². The van der Waals surface area contributed by atoms with Gasteiger partial charge in [0.05, 0.1) is 6.54 Å². The van der Waals surface area contributed by atoms with Gasteiger partial charge in [-0.1, -0.05) is 12.8 Å². The maximum absolute atomic E-state index is 12.5. The van der Waals surface area contributed by atoms with Crippen LogP contribution in [0.5, 0.6) is 0 Å². The van der Waals surface area contributed by atoms with Crippen LogP contribution < -0.4 is 11.1 Å². The molecule has 1 amide bonds. The normalized spacial score (nSPS) is 44.3. The van der Waals surface area contributed by atoms with Gasteiger partial charge in [-0.15, -0.1) is 0 Å². The van der Waals surface area contributed by atoms with E-state index in [0.29, 0.717) is 24.5 Å². The number of amides is 1. The average molecular weight is 319 g/mol. The van der Waals surface area contributed by atoms with Crippen LogP contribution in [-0.2, 0) is 4.79 Å². The van der Waals surface area contributed by atoms with Crippen molar-refractivity contribution in [3.05, 3.63) is 0 Å². The molecule has 4 aliphatic rings. The molecule has 7 atom stereocenters. The smallest absolute Gasteiger partial charge is 0.234 e. The number of hydrogen-bond acceptors (Lipinski definition) is 3. The average Bonchev–Trinajstić information content (AvgIpc) is 3.21. The summed E-state index contributed by atoms with van der Waals surface area (Å²) in [5.41, 5.74) is 6.28. The van der Waals surface area contributed by atoms with Gasteiger partial charge in [0.15, 0.2) is 0 Å². The molecule has 0 aromatic carbocycles. The summed E-state index contributed by atoms with van der Waals surface area (Å²) >= 11 is 0. The Balaban J connectivity index is 1.26. The van der Waals surface area contributed by atoms with Crippen molar-refractivity contribution in [1.29, 1.82) is 0 Å². The van der Waals surface area contributed by atoms with Gasteiger partial charge in [-0.05, 0) is 68.6 Å². The standard InChI is InChI=1S/C19H33N3O/c1-12(16-8-13-5-6-14(16)7-13)21-19(23)11-22-9-15-3-2-4-18(20)17(15)10-22/h12-18H,2-11,20H2,1H3,(H,21,23). The van der Waals surface area contributed by atoms with Crippen LogP contribution in [0.1, 0.15) is 51.9 Å². The molecule has 4 fully saturated rings. The number of hydrogen-bond donors (Lipinski definition) is 2. The largest absolute Gasteiger partial charge is 0.352 e. The maximum Gasteiger partial charge on any atom is 0.234 e. The van der Waals surface area contributed by atoms with E-state index in [1.54, 1.807) is 0 Å². The Kier molecular flexibility index (Phi) is 4.39. The molecule has 4 nitrogen and oxygen atoms in total. The van der Waals surface area contributed by atoms with Crippen LogP contribution in [0.3, 0.4) is 0 Å². The number of nitrogens with two attached hydrogens (primary N) is 1. The summed E-state index contributed by atoms with van der Waals surface area (Å²) in [4.78, 5) is 14.8. The van der Waals surface area contributed by atoms with Gasteiger partial charge in [0.25, 0.3) is 0 Å². The van der Waals surface area contributed by atoms with Crippen LogP contribution in [-0.4, -0.2) is 42.5 Å². The van der Waals surface area contributed by atoms with Crippen molar-refractivity contribution in [3.8, 4) is 0 Å². The highest BCUT2D eigenvalue weighted by Crippen LogP contribution is 2.49. The molecule has 23 heavy (non-hydrogen) atoms. The fourth-order valence-electron chi connectivity index (χ4n) is 6.25. The molecule has 0 aromatic rings. The third-order valence-electron chi connectivity index (χ3n) is 7.42. The zero-order valence-electron chi connectivity index (χ0n) is 14.5. The Morgan fingerprint density at radius 1 is 1.17 bits per heavy atom. The molecule has 130 valence electrons. The predicted octanol–water partition coefficient (Wildman–Crippen LogP) is 1.99. The number of carbonyl (C=O) groups is 1. The van der Waals surface area contributed by atoms with Crippen LogP contribution in [0, 0.1) is 29.6 Å². The molecule has 0 aromatic heterocycles.